The zero-order valence-electron chi connectivity index (χ0n) is 13.2. The van der Waals surface area contributed by atoms with Crippen molar-refractivity contribution in [2.45, 2.75) is 12.5 Å². The molecule has 1 N–H and O–H groups in total. The van der Waals surface area contributed by atoms with Crippen LogP contribution in [0.4, 0.5) is 0 Å². The Morgan fingerprint density at radius 2 is 2.12 bits per heavy atom. The van der Waals surface area contributed by atoms with Crippen molar-refractivity contribution in [3.63, 3.8) is 0 Å². The molecule has 1 aliphatic rings. The molecule has 1 fully saturated rings. The molecule has 122 valence electrons. The number of pyridine rings is 1. The highest BCUT2D eigenvalue weighted by atomic mass is 32.1. The standard InChI is InChI=1S/C18H18N4OS/c23-18(17-21-15-7-4-8-20-16(15)24-17)22-10-9-19-14(12-22)11-13-5-2-1-3-6-13/h1-8,14,19H,9-12H2. The molecule has 3 aromatic rings. The zero-order valence-corrected chi connectivity index (χ0v) is 14.0. The molecule has 0 bridgehead atoms. The molecule has 2 aromatic heterocycles. The van der Waals surface area contributed by atoms with Crippen molar-refractivity contribution in [2.75, 3.05) is 19.6 Å². The molecule has 0 aliphatic carbocycles. The third-order valence-electron chi connectivity index (χ3n) is 4.22. The summed E-state index contributed by atoms with van der Waals surface area (Å²) in [5, 5.41) is 4.04. The predicted octanol–water partition coefficient (Wildman–Crippen LogP) is 2.35. The number of hydrogen-bond acceptors (Lipinski definition) is 5. The van der Waals surface area contributed by atoms with Gasteiger partial charge in [0.05, 0.1) is 0 Å². The topological polar surface area (TPSA) is 58.1 Å². The molecule has 6 heteroatoms. The normalized spacial score (nSPS) is 18.0. The van der Waals surface area contributed by atoms with E-state index in [-0.39, 0.29) is 11.9 Å². The first-order chi connectivity index (χ1) is 11.8. The van der Waals surface area contributed by atoms with Crippen LogP contribution in [0.25, 0.3) is 10.3 Å². The Bertz CT molecular complexity index is 815. The number of thiazole rings is 1. The van der Waals surface area contributed by atoms with Gasteiger partial charge < -0.3 is 10.2 Å². The molecule has 1 unspecified atom stereocenters. The SMILES string of the molecule is O=C(c1nc2cccnc2s1)N1CCNC(Cc2ccccc2)C1. The number of hydrogen-bond donors (Lipinski definition) is 1. The van der Waals surface area contributed by atoms with E-state index in [4.69, 9.17) is 0 Å². The second-order valence-corrected chi connectivity index (χ2v) is 6.92. The van der Waals surface area contributed by atoms with Gasteiger partial charge in [0.2, 0.25) is 0 Å². The lowest BCUT2D eigenvalue weighted by Gasteiger charge is -2.33. The fourth-order valence-corrected chi connectivity index (χ4v) is 3.92. The second-order valence-electron chi connectivity index (χ2n) is 5.94. The fourth-order valence-electron chi connectivity index (χ4n) is 3.04. The number of amides is 1. The Morgan fingerprint density at radius 3 is 2.96 bits per heavy atom. The summed E-state index contributed by atoms with van der Waals surface area (Å²) in [6, 6.07) is 14.4. The summed E-state index contributed by atoms with van der Waals surface area (Å²) < 4.78 is 0. The molecule has 1 aromatic carbocycles. The molecule has 0 radical (unpaired) electrons. The molecule has 0 saturated carbocycles. The maximum Gasteiger partial charge on any atom is 0.283 e. The first-order valence-electron chi connectivity index (χ1n) is 8.08. The van der Waals surface area contributed by atoms with E-state index in [1.807, 2.05) is 23.1 Å². The predicted molar refractivity (Wildman–Crippen MR) is 95.3 cm³/mol. The van der Waals surface area contributed by atoms with Crippen LogP contribution < -0.4 is 5.32 Å². The molecular weight excluding hydrogens is 320 g/mol. The molecule has 1 atom stereocenters. The van der Waals surface area contributed by atoms with E-state index in [2.05, 4.69) is 39.6 Å². The Labute approximate surface area is 144 Å². The highest BCUT2D eigenvalue weighted by molar-refractivity contribution is 7.19. The number of fused-ring (bicyclic) bond motifs is 1. The molecule has 0 spiro atoms. The third-order valence-corrected chi connectivity index (χ3v) is 5.18. The van der Waals surface area contributed by atoms with Gasteiger partial charge >= 0.3 is 0 Å². The Hall–Kier alpha value is -2.31. The van der Waals surface area contributed by atoms with Gasteiger partial charge in [0, 0.05) is 31.9 Å². The van der Waals surface area contributed by atoms with Crippen molar-refractivity contribution >= 4 is 27.6 Å². The highest BCUT2D eigenvalue weighted by Gasteiger charge is 2.26. The van der Waals surface area contributed by atoms with Gasteiger partial charge in [-0.3, -0.25) is 4.79 Å². The Morgan fingerprint density at radius 1 is 1.25 bits per heavy atom. The molecule has 1 amide bonds. The van der Waals surface area contributed by atoms with Crippen LogP contribution in [0.15, 0.2) is 48.7 Å². The zero-order chi connectivity index (χ0) is 16.4. The molecule has 4 rings (SSSR count). The van der Waals surface area contributed by atoms with Gasteiger partial charge in [-0.1, -0.05) is 41.7 Å². The number of nitrogens with one attached hydrogen (secondary N) is 1. The van der Waals surface area contributed by atoms with Crippen LogP contribution >= 0.6 is 11.3 Å². The van der Waals surface area contributed by atoms with E-state index in [1.165, 1.54) is 16.9 Å². The summed E-state index contributed by atoms with van der Waals surface area (Å²) in [5.41, 5.74) is 2.08. The van der Waals surface area contributed by atoms with Crippen molar-refractivity contribution in [1.82, 2.24) is 20.2 Å². The van der Waals surface area contributed by atoms with Crippen LogP contribution in [0, 0.1) is 0 Å². The molecule has 3 heterocycles. The lowest BCUT2D eigenvalue weighted by Crippen LogP contribution is -2.53. The van der Waals surface area contributed by atoms with E-state index >= 15 is 0 Å². The first-order valence-corrected chi connectivity index (χ1v) is 8.89. The number of aromatic nitrogens is 2. The fraction of sp³-hybridized carbons (Fsp3) is 0.278. The van der Waals surface area contributed by atoms with E-state index in [0.717, 1.165) is 23.3 Å². The molecule has 5 nitrogen and oxygen atoms in total. The Balaban J connectivity index is 1.48. The number of carbonyl (C=O) groups excluding carboxylic acids is 1. The van der Waals surface area contributed by atoms with Gasteiger partial charge in [0.1, 0.15) is 10.3 Å². The van der Waals surface area contributed by atoms with Crippen LogP contribution in [0.3, 0.4) is 0 Å². The maximum absolute atomic E-state index is 12.8. The number of carbonyl (C=O) groups is 1. The van der Waals surface area contributed by atoms with Gasteiger partial charge in [-0.15, -0.1) is 0 Å². The second kappa shape index (κ2) is 6.67. The first kappa shape index (κ1) is 15.2. The molecule has 24 heavy (non-hydrogen) atoms. The summed E-state index contributed by atoms with van der Waals surface area (Å²) >= 11 is 1.37. The largest absolute Gasteiger partial charge is 0.334 e. The van der Waals surface area contributed by atoms with E-state index < -0.39 is 0 Å². The number of benzene rings is 1. The molecular formula is C18H18N4OS. The molecule has 1 aliphatic heterocycles. The van der Waals surface area contributed by atoms with Crippen LogP contribution in [-0.2, 0) is 6.42 Å². The van der Waals surface area contributed by atoms with Crippen molar-refractivity contribution in [1.29, 1.82) is 0 Å². The van der Waals surface area contributed by atoms with E-state index in [0.29, 0.717) is 18.1 Å². The van der Waals surface area contributed by atoms with Gasteiger partial charge in [0.15, 0.2) is 5.01 Å². The minimum absolute atomic E-state index is 0.0116. The summed E-state index contributed by atoms with van der Waals surface area (Å²) in [7, 11) is 0. The van der Waals surface area contributed by atoms with Gasteiger partial charge in [0.25, 0.3) is 5.91 Å². The van der Waals surface area contributed by atoms with Crippen molar-refractivity contribution in [3.8, 4) is 0 Å². The smallest absolute Gasteiger partial charge is 0.283 e. The van der Waals surface area contributed by atoms with Crippen molar-refractivity contribution in [2.24, 2.45) is 0 Å². The quantitative estimate of drug-likeness (QED) is 0.796. The van der Waals surface area contributed by atoms with Crippen LogP contribution in [-0.4, -0.2) is 46.5 Å². The van der Waals surface area contributed by atoms with E-state index in [1.54, 1.807) is 6.20 Å². The van der Waals surface area contributed by atoms with Gasteiger partial charge in [-0.25, -0.2) is 9.97 Å². The minimum Gasteiger partial charge on any atom is -0.334 e. The third kappa shape index (κ3) is 3.16. The van der Waals surface area contributed by atoms with Crippen molar-refractivity contribution in [3.05, 3.63) is 59.2 Å². The number of piperazine rings is 1. The maximum atomic E-state index is 12.8. The monoisotopic (exact) mass is 338 g/mol. The average molecular weight is 338 g/mol. The number of nitrogens with zero attached hydrogens (tertiary/aromatic N) is 3. The summed E-state index contributed by atoms with van der Waals surface area (Å²) in [5.74, 6) is 0.0116. The van der Waals surface area contributed by atoms with Gasteiger partial charge in [-0.2, -0.15) is 0 Å². The Kier molecular flexibility index (Phi) is 4.23. The summed E-state index contributed by atoms with van der Waals surface area (Å²) in [6.45, 7) is 2.23. The van der Waals surface area contributed by atoms with Crippen LogP contribution in [0.1, 0.15) is 15.4 Å². The lowest BCUT2D eigenvalue weighted by molar-refractivity contribution is 0.0703. The van der Waals surface area contributed by atoms with Crippen LogP contribution in [0.5, 0.6) is 0 Å². The summed E-state index contributed by atoms with van der Waals surface area (Å²) in [4.78, 5) is 24.2. The van der Waals surface area contributed by atoms with Gasteiger partial charge in [-0.05, 0) is 24.1 Å². The summed E-state index contributed by atoms with van der Waals surface area (Å²) in [6.07, 6.45) is 2.65. The highest BCUT2D eigenvalue weighted by Crippen LogP contribution is 2.21. The van der Waals surface area contributed by atoms with Crippen molar-refractivity contribution < 1.29 is 4.79 Å². The molecule has 1 saturated heterocycles. The minimum atomic E-state index is 0.0116. The average Bonchev–Trinajstić information content (AvgIpc) is 3.06. The lowest BCUT2D eigenvalue weighted by atomic mass is 10.0. The van der Waals surface area contributed by atoms with Crippen LogP contribution in [0.2, 0.25) is 0 Å². The number of rotatable bonds is 3. The van der Waals surface area contributed by atoms with E-state index in [9.17, 15) is 4.79 Å².